The van der Waals surface area contributed by atoms with Crippen molar-refractivity contribution in [2.24, 2.45) is 0 Å². The molecule has 1 saturated heterocycles. The molecule has 31 heavy (non-hydrogen) atoms. The molecule has 9 heteroatoms. The Labute approximate surface area is 183 Å². The predicted molar refractivity (Wildman–Crippen MR) is 120 cm³/mol. The fraction of sp³-hybridized carbons (Fsp3) is 0.227. The van der Waals surface area contributed by atoms with Crippen LogP contribution in [-0.2, 0) is 0 Å². The van der Waals surface area contributed by atoms with Crippen LogP contribution in [-0.4, -0.2) is 33.6 Å². The third-order valence-corrected chi connectivity index (χ3v) is 5.59. The number of anilines is 1. The highest BCUT2D eigenvalue weighted by Crippen LogP contribution is 2.30. The van der Waals surface area contributed by atoms with Gasteiger partial charge in [0.15, 0.2) is 0 Å². The number of aromatic amines is 1. The van der Waals surface area contributed by atoms with Gasteiger partial charge in [0.05, 0.1) is 27.8 Å². The van der Waals surface area contributed by atoms with Gasteiger partial charge in [0.25, 0.3) is 11.5 Å². The number of hydrogen-bond donors (Lipinski definition) is 3. The zero-order valence-electron chi connectivity index (χ0n) is 16.5. The minimum absolute atomic E-state index is 0. The summed E-state index contributed by atoms with van der Waals surface area (Å²) in [4.78, 5) is 28.0. The lowest BCUT2D eigenvalue weighted by molar-refractivity contribution is 0.102. The molecule has 2 aromatic carbocycles. The summed E-state index contributed by atoms with van der Waals surface area (Å²) in [5.41, 5.74) is 2.23. The highest BCUT2D eigenvalue weighted by molar-refractivity contribution is 6.12. The Morgan fingerprint density at radius 3 is 2.68 bits per heavy atom. The number of nitrogens with one attached hydrogen (secondary N) is 3. The van der Waals surface area contributed by atoms with Crippen molar-refractivity contribution >= 4 is 40.6 Å². The van der Waals surface area contributed by atoms with Crippen LogP contribution in [0.5, 0.6) is 0 Å². The third-order valence-electron chi connectivity index (χ3n) is 5.59. The van der Waals surface area contributed by atoms with Gasteiger partial charge < -0.3 is 15.6 Å². The zero-order valence-corrected chi connectivity index (χ0v) is 17.3. The largest absolute Gasteiger partial charge is 0.321 e. The summed E-state index contributed by atoms with van der Waals surface area (Å²) in [5, 5.41) is 11.4. The molecule has 0 bridgehead atoms. The quantitative estimate of drug-likeness (QED) is 0.454. The molecule has 160 valence electrons. The monoisotopic (exact) mass is 441 g/mol. The van der Waals surface area contributed by atoms with Gasteiger partial charge >= 0.3 is 0 Å². The van der Waals surface area contributed by atoms with Gasteiger partial charge in [-0.05, 0) is 50.2 Å². The van der Waals surface area contributed by atoms with Gasteiger partial charge in [-0.25, -0.2) is 8.91 Å². The number of hydrogen-bond acceptors (Lipinski definition) is 4. The second-order valence-electron chi connectivity index (χ2n) is 7.48. The molecule has 2 aromatic heterocycles. The Bertz CT molecular complexity index is 1330. The Hall–Kier alpha value is -3.23. The van der Waals surface area contributed by atoms with Crippen LogP contribution in [0.4, 0.5) is 10.1 Å². The number of piperidine rings is 1. The summed E-state index contributed by atoms with van der Waals surface area (Å²) in [6.45, 7) is 1.79. The third kappa shape index (κ3) is 3.80. The van der Waals surface area contributed by atoms with Crippen LogP contribution in [0.25, 0.3) is 16.6 Å². The first-order valence-electron chi connectivity index (χ1n) is 9.93. The topological polar surface area (TPSA) is 91.3 Å². The number of H-pyrrole nitrogens is 1. The number of amides is 1. The molecule has 4 aromatic rings. The van der Waals surface area contributed by atoms with Crippen molar-refractivity contribution in [3.05, 3.63) is 76.0 Å². The molecule has 0 atom stereocenters. The molecular weight excluding hydrogens is 421 g/mol. The van der Waals surface area contributed by atoms with Crippen LogP contribution in [0.15, 0.2) is 53.3 Å². The average Bonchev–Trinajstić information content (AvgIpc) is 3.13. The van der Waals surface area contributed by atoms with E-state index >= 15 is 0 Å². The molecule has 3 N–H and O–H groups in total. The Morgan fingerprint density at radius 2 is 1.90 bits per heavy atom. The minimum Gasteiger partial charge on any atom is -0.321 e. The molecule has 0 aliphatic carbocycles. The van der Waals surface area contributed by atoms with Crippen molar-refractivity contribution in [1.82, 2.24) is 19.9 Å². The molecule has 0 saturated carbocycles. The number of rotatable bonds is 3. The lowest BCUT2D eigenvalue weighted by atomic mass is 9.94. The van der Waals surface area contributed by atoms with E-state index in [1.165, 1.54) is 18.2 Å². The van der Waals surface area contributed by atoms with E-state index in [0.29, 0.717) is 22.2 Å². The number of carbonyl (C=O) groups is 1. The Morgan fingerprint density at radius 1 is 1.13 bits per heavy atom. The van der Waals surface area contributed by atoms with E-state index in [-0.39, 0.29) is 29.4 Å². The maximum Gasteiger partial charge on any atom is 0.258 e. The number of nitrogens with zero attached hydrogens (tertiary/aromatic N) is 2. The molecule has 1 fully saturated rings. The van der Waals surface area contributed by atoms with Crippen molar-refractivity contribution in [3.63, 3.8) is 0 Å². The molecular formula is C22H21ClFN5O2. The molecule has 7 nitrogen and oxygen atoms in total. The fourth-order valence-corrected chi connectivity index (χ4v) is 4.13. The molecule has 0 spiro atoms. The standard InChI is InChI=1S/C22H20FN5O2.ClH/c23-15-5-2-1-4-14(15)22(30)25-16-6-3-7-17-20(16)21-26-19(29)12-18(28(21)27-17)13-8-10-24-11-9-13;/h1-7,12-13,24H,8-11H2,(H,25,30)(H,26,29);1H. The highest BCUT2D eigenvalue weighted by atomic mass is 35.5. The lowest BCUT2D eigenvalue weighted by Gasteiger charge is -2.23. The number of aromatic nitrogens is 3. The number of halogens is 2. The molecule has 3 heterocycles. The Kier molecular flexibility index (Phi) is 5.75. The number of carbonyl (C=O) groups excluding carboxylic acids is 1. The lowest BCUT2D eigenvalue weighted by Crippen LogP contribution is -2.28. The van der Waals surface area contributed by atoms with E-state index in [1.54, 1.807) is 28.8 Å². The van der Waals surface area contributed by atoms with E-state index in [2.05, 4.69) is 15.6 Å². The zero-order chi connectivity index (χ0) is 20.7. The smallest absolute Gasteiger partial charge is 0.258 e. The van der Waals surface area contributed by atoms with E-state index in [0.717, 1.165) is 31.6 Å². The van der Waals surface area contributed by atoms with Gasteiger partial charge in [-0.2, -0.15) is 5.10 Å². The first-order chi connectivity index (χ1) is 14.6. The van der Waals surface area contributed by atoms with Crippen molar-refractivity contribution < 1.29 is 9.18 Å². The van der Waals surface area contributed by atoms with Crippen molar-refractivity contribution in [3.8, 4) is 0 Å². The van der Waals surface area contributed by atoms with Crippen LogP contribution < -0.4 is 16.2 Å². The highest BCUT2D eigenvalue weighted by Gasteiger charge is 2.22. The summed E-state index contributed by atoms with van der Waals surface area (Å²) in [7, 11) is 0. The van der Waals surface area contributed by atoms with Crippen LogP contribution >= 0.6 is 12.4 Å². The van der Waals surface area contributed by atoms with Gasteiger partial charge in [0.2, 0.25) is 0 Å². The van der Waals surface area contributed by atoms with Crippen molar-refractivity contribution in [2.75, 3.05) is 18.4 Å². The summed E-state index contributed by atoms with van der Waals surface area (Å²) in [6.07, 6.45) is 1.84. The van der Waals surface area contributed by atoms with Crippen molar-refractivity contribution in [1.29, 1.82) is 0 Å². The van der Waals surface area contributed by atoms with Crippen LogP contribution in [0.1, 0.15) is 34.8 Å². The summed E-state index contributed by atoms with van der Waals surface area (Å²) >= 11 is 0. The SMILES string of the molecule is Cl.O=C(Nc1cccc2nn3c(C4CCNCC4)cc(=O)[nH]c3c12)c1ccccc1F. The van der Waals surface area contributed by atoms with E-state index < -0.39 is 11.7 Å². The van der Waals surface area contributed by atoms with Crippen LogP contribution in [0.3, 0.4) is 0 Å². The Balaban J connectivity index is 0.00000231. The first kappa shape index (κ1) is 21.0. The van der Waals surface area contributed by atoms with Crippen LogP contribution in [0.2, 0.25) is 0 Å². The summed E-state index contributed by atoms with van der Waals surface area (Å²) < 4.78 is 15.8. The van der Waals surface area contributed by atoms with E-state index in [9.17, 15) is 14.0 Å². The number of fused-ring (bicyclic) bond motifs is 3. The van der Waals surface area contributed by atoms with Gasteiger partial charge in [0, 0.05) is 12.0 Å². The average molecular weight is 442 g/mol. The van der Waals surface area contributed by atoms with Gasteiger partial charge in [-0.1, -0.05) is 18.2 Å². The van der Waals surface area contributed by atoms with Gasteiger partial charge in [-0.3, -0.25) is 9.59 Å². The van der Waals surface area contributed by atoms with E-state index in [1.807, 2.05) is 6.07 Å². The second kappa shape index (κ2) is 8.49. The van der Waals surface area contributed by atoms with E-state index in [4.69, 9.17) is 5.10 Å². The first-order valence-corrected chi connectivity index (χ1v) is 9.93. The molecule has 0 radical (unpaired) electrons. The molecule has 1 aliphatic heterocycles. The van der Waals surface area contributed by atoms with Crippen molar-refractivity contribution in [2.45, 2.75) is 18.8 Å². The minimum atomic E-state index is -0.594. The maximum atomic E-state index is 14.0. The number of benzene rings is 2. The van der Waals surface area contributed by atoms with Crippen LogP contribution in [0, 0.1) is 5.82 Å². The summed E-state index contributed by atoms with van der Waals surface area (Å²) in [5.74, 6) is -0.928. The van der Waals surface area contributed by atoms with Gasteiger partial charge in [0.1, 0.15) is 11.5 Å². The summed E-state index contributed by atoms with van der Waals surface area (Å²) in [6, 6.07) is 12.7. The maximum absolute atomic E-state index is 14.0. The normalized spacial score (nSPS) is 14.5. The van der Waals surface area contributed by atoms with Gasteiger partial charge in [-0.15, -0.1) is 12.4 Å². The second-order valence-corrected chi connectivity index (χ2v) is 7.48. The molecule has 0 unspecified atom stereocenters. The molecule has 1 amide bonds. The molecule has 1 aliphatic rings. The fourth-order valence-electron chi connectivity index (χ4n) is 4.13. The molecule has 5 rings (SSSR count). The predicted octanol–water partition coefficient (Wildman–Crippen LogP) is 3.46.